The predicted octanol–water partition coefficient (Wildman–Crippen LogP) is 2.14. The van der Waals surface area contributed by atoms with E-state index in [0.29, 0.717) is 26.2 Å². The SMILES string of the molecule is CCSC(C(=O)NCC(N1CCNCC1)C(F)(F)F)C(C)C.Cl. The molecular weight excluding hydrogens is 351 g/mol. The summed E-state index contributed by atoms with van der Waals surface area (Å²) in [7, 11) is 0. The number of hydrogen-bond acceptors (Lipinski definition) is 4. The molecule has 1 heterocycles. The summed E-state index contributed by atoms with van der Waals surface area (Å²) in [4.78, 5) is 13.6. The van der Waals surface area contributed by atoms with E-state index in [9.17, 15) is 18.0 Å². The summed E-state index contributed by atoms with van der Waals surface area (Å²) in [5.74, 6) is 0.552. The first kappa shape index (κ1) is 22.8. The van der Waals surface area contributed by atoms with Crippen LogP contribution in [0.1, 0.15) is 20.8 Å². The summed E-state index contributed by atoms with van der Waals surface area (Å²) < 4.78 is 39.7. The summed E-state index contributed by atoms with van der Waals surface area (Å²) >= 11 is 1.47. The van der Waals surface area contributed by atoms with E-state index in [1.54, 1.807) is 0 Å². The van der Waals surface area contributed by atoms with Gasteiger partial charge in [0.15, 0.2) is 0 Å². The first-order valence-electron chi connectivity index (χ1n) is 7.68. The van der Waals surface area contributed by atoms with Crippen LogP contribution in [0.3, 0.4) is 0 Å². The summed E-state index contributed by atoms with van der Waals surface area (Å²) in [6, 6.07) is -1.61. The minimum absolute atomic E-state index is 0. The zero-order valence-corrected chi connectivity index (χ0v) is 15.4. The van der Waals surface area contributed by atoms with Gasteiger partial charge in [-0.1, -0.05) is 20.8 Å². The van der Waals surface area contributed by atoms with Gasteiger partial charge >= 0.3 is 6.18 Å². The molecule has 0 aromatic carbocycles. The van der Waals surface area contributed by atoms with Crippen LogP contribution < -0.4 is 10.6 Å². The van der Waals surface area contributed by atoms with Crippen molar-refractivity contribution in [3.8, 4) is 0 Å². The third-order valence-corrected chi connectivity index (χ3v) is 5.10. The smallest absolute Gasteiger partial charge is 0.353 e. The van der Waals surface area contributed by atoms with Crippen molar-refractivity contribution in [2.24, 2.45) is 5.92 Å². The number of piperazine rings is 1. The van der Waals surface area contributed by atoms with Gasteiger partial charge in [-0.3, -0.25) is 9.69 Å². The third kappa shape index (κ3) is 7.49. The van der Waals surface area contributed by atoms with Crippen LogP contribution in [0.2, 0.25) is 0 Å². The number of halogens is 4. The molecule has 1 aliphatic rings. The molecule has 0 saturated carbocycles. The summed E-state index contributed by atoms with van der Waals surface area (Å²) in [6.45, 7) is 7.15. The maximum Gasteiger partial charge on any atom is 0.405 e. The predicted molar refractivity (Wildman–Crippen MR) is 91.3 cm³/mol. The molecule has 0 aromatic heterocycles. The van der Waals surface area contributed by atoms with Crippen molar-refractivity contribution in [2.75, 3.05) is 38.5 Å². The molecule has 1 rings (SSSR count). The van der Waals surface area contributed by atoms with Crippen molar-refractivity contribution in [1.29, 1.82) is 0 Å². The Labute approximate surface area is 146 Å². The average Bonchev–Trinajstić information content (AvgIpc) is 2.44. The van der Waals surface area contributed by atoms with Crippen LogP contribution in [0.25, 0.3) is 0 Å². The Kier molecular flexibility index (Phi) is 10.6. The second kappa shape index (κ2) is 10.6. The fraction of sp³-hybridized carbons (Fsp3) is 0.929. The van der Waals surface area contributed by atoms with Gasteiger partial charge < -0.3 is 10.6 Å². The van der Waals surface area contributed by atoms with Gasteiger partial charge in [0, 0.05) is 32.7 Å². The Bertz CT molecular complexity index is 353. The van der Waals surface area contributed by atoms with Crippen molar-refractivity contribution in [2.45, 2.75) is 38.2 Å². The molecule has 0 spiro atoms. The van der Waals surface area contributed by atoms with Gasteiger partial charge in [0.05, 0.1) is 5.25 Å². The summed E-state index contributed by atoms with van der Waals surface area (Å²) in [6.07, 6.45) is -4.34. The lowest BCUT2D eigenvalue weighted by atomic mass is 10.1. The molecule has 0 aliphatic carbocycles. The van der Waals surface area contributed by atoms with E-state index in [2.05, 4.69) is 10.6 Å². The molecule has 0 aromatic rings. The maximum atomic E-state index is 13.2. The standard InChI is InChI=1S/C14H26F3N3OS.ClH/c1-4-22-12(10(2)3)13(21)19-9-11(14(15,16)17)20-7-5-18-6-8-20;/h10-12,18H,4-9H2,1-3H3,(H,19,21);1H. The average molecular weight is 378 g/mol. The number of nitrogens with one attached hydrogen (secondary N) is 2. The fourth-order valence-corrected chi connectivity index (χ4v) is 3.47. The number of thioether (sulfide) groups is 1. The van der Waals surface area contributed by atoms with Gasteiger partial charge in [0.2, 0.25) is 5.91 Å². The van der Waals surface area contributed by atoms with E-state index < -0.39 is 12.2 Å². The fourth-order valence-electron chi connectivity index (χ4n) is 2.49. The van der Waals surface area contributed by atoms with Crippen molar-refractivity contribution >= 4 is 30.1 Å². The van der Waals surface area contributed by atoms with E-state index in [0.717, 1.165) is 5.75 Å². The van der Waals surface area contributed by atoms with Crippen molar-refractivity contribution in [3.05, 3.63) is 0 Å². The second-order valence-corrected chi connectivity index (χ2v) is 7.13. The van der Waals surface area contributed by atoms with Crippen LogP contribution in [-0.2, 0) is 4.79 Å². The van der Waals surface area contributed by atoms with Gasteiger partial charge in [-0.25, -0.2) is 0 Å². The molecule has 138 valence electrons. The molecular formula is C14H27ClF3N3OS. The van der Waals surface area contributed by atoms with Crippen molar-refractivity contribution in [1.82, 2.24) is 15.5 Å². The van der Waals surface area contributed by atoms with Crippen LogP contribution >= 0.6 is 24.2 Å². The van der Waals surface area contributed by atoms with E-state index in [4.69, 9.17) is 0 Å². The molecule has 1 saturated heterocycles. The zero-order chi connectivity index (χ0) is 16.8. The molecule has 9 heteroatoms. The summed E-state index contributed by atoms with van der Waals surface area (Å²) in [5, 5.41) is 5.24. The molecule has 1 amide bonds. The zero-order valence-electron chi connectivity index (χ0n) is 13.8. The first-order valence-corrected chi connectivity index (χ1v) is 8.73. The highest BCUT2D eigenvalue weighted by molar-refractivity contribution is 8.00. The molecule has 2 N–H and O–H groups in total. The minimum atomic E-state index is -4.34. The number of rotatable bonds is 7. The van der Waals surface area contributed by atoms with E-state index in [1.165, 1.54) is 16.7 Å². The Hall–Kier alpha value is -0.180. The van der Waals surface area contributed by atoms with Crippen LogP contribution in [-0.4, -0.2) is 66.8 Å². The van der Waals surface area contributed by atoms with Crippen LogP contribution in [0, 0.1) is 5.92 Å². The number of carbonyl (C=O) groups is 1. The van der Waals surface area contributed by atoms with Gasteiger partial charge in [-0.05, 0) is 11.7 Å². The van der Waals surface area contributed by atoms with Gasteiger partial charge in [0.25, 0.3) is 0 Å². The molecule has 1 fully saturated rings. The van der Waals surface area contributed by atoms with Crippen molar-refractivity contribution in [3.63, 3.8) is 0 Å². The topological polar surface area (TPSA) is 44.4 Å². The Morgan fingerprint density at radius 2 is 1.87 bits per heavy atom. The van der Waals surface area contributed by atoms with Crippen LogP contribution in [0.5, 0.6) is 0 Å². The van der Waals surface area contributed by atoms with E-state index >= 15 is 0 Å². The molecule has 23 heavy (non-hydrogen) atoms. The lowest BCUT2D eigenvalue weighted by Crippen LogP contribution is -2.58. The highest BCUT2D eigenvalue weighted by atomic mass is 35.5. The van der Waals surface area contributed by atoms with Gasteiger partial charge in [-0.2, -0.15) is 13.2 Å². The molecule has 1 aliphatic heterocycles. The quantitative estimate of drug-likeness (QED) is 0.713. The molecule has 0 bridgehead atoms. The van der Waals surface area contributed by atoms with E-state index in [1.807, 2.05) is 20.8 Å². The lowest BCUT2D eigenvalue weighted by Gasteiger charge is -2.36. The minimum Gasteiger partial charge on any atom is -0.353 e. The Balaban J connectivity index is 0.00000484. The monoisotopic (exact) mass is 377 g/mol. The van der Waals surface area contributed by atoms with E-state index in [-0.39, 0.29) is 36.0 Å². The van der Waals surface area contributed by atoms with Crippen molar-refractivity contribution < 1.29 is 18.0 Å². The number of carbonyl (C=O) groups excluding carboxylic acids is 1. The number of alkyl halides is 3. The number of nitrogens with zero attached hydrogens (tertiary/aromatic N) is 1. The summed E-state index contributed by atoms with van der Waals surface area (Å²) in [5.41, 5.74) is 0. The second-order valence-electron chi connectivity index (χ2n) is 5.71. The Morgan fingerprint density at radius 3 is 2.30 bits per heavy atom. The first-order chi connectivity index (χ1) is 10.3. The van der Waals surface area contributed by atoms with Gasteiger partial charge in [0.1, 0.15) is 6.04 Å². The molecule has 2 unspecified atom stereocenters. The molecule has 0 radical (unpaired) electrons. The maximum absolute atomic E-state index is 13.2. The largest absolute Gasteiger partial charge is 0.405 e. The van der Waals surface area contributed by atoms with Crippen LogP contribution in [0.15, 0.2) is 0 Å². The highest BCUT2D eigenvalue weighted by Gasteiger charge is 2.44. The highest BCUT2D eigenvalue weighted by Crippen LogP contribution is 2.25. The Morgan fingerprint density at radius 1 is 1.30 bits per heavy atom. The molecule has 2 atom stereocenters. The molecule has 4 nitrogen and oxygen atoms in total. The van der Waals surface area contributed by atoms with Crippen LogP contribution in [0.4, 0.5) is 13.2 Å². The normalized spacial score (nSPS) is 19.1. The number of hydrogen-bond donors (Lipinski definition) is 2. The lowest BCUT2D eigenvalue weighted by molar-refractivity contribution is -0.184. The van der Waals surface area contributed by atoms with Gasteiger partial charge in [-0.15, -0.1) is 24.2 Å². The third-order valence-electron chi connectivity index (χ3n) is 3.65. The number of amides is 1.